The van der Waals surface area contributed by atoms with E-state index < -0.39 is 0 Å². The molecule has 0 N–H and O–H groups in total. The fourth-order valence-corrected chi connectivity index (χ4v) is 2.64. The topological polar surface area (TPSA) is 26.3 Å². The van der Waals surface area contributed by atoms with E-state index in [1.54, 1.807) is 0 Å². The average molecular weight is 282 g/mol. The molecule has 0 heterocycles. The minimum Gasteiger partial charge on any atom is -0.491 e. The zero-order valence-corrected chi connectivity index (χ0v) is 13.4. The molecule has 2 heteroatoms. The van der Waals surface area contributed by atoms with Crippen molar-refractivity contribution >= 4 is 5.78 Å². The highest BCUT2D eigenvalue weighted by molar-refractivity contribution is 6.10. The maximum Gasteiger partial charge on any atom is 0.193 e. The SMILES string of the molecule is Cc1cc(C)c(C(=O)c2ccc(OC(C)C)cc2)c(C)c1. The number of hydrogen-bond acceptors (Lipinski definition) is 2. The minimum absolute atomic E-state index is 0.0705. The van der Waals surface area contributed by atoms with Gasteiger partial charge in [-0.2, -0.15) is 0 Å². The van der Waals surface area contributed by atoms with Crippen molar-refractivity contribution in [3.05, 3.63) is 64.2 Å². The van der Waals surface area contributed by atoms with Crippen molar-refractivity contribution in [1.82, 2.24) is 0 Å². The third-order valence-corrected chi connectivity index (χ3v) is 3.39. The van der Waals surface area contributed by atoms with E-state index >= 15 is 0 Å². The summed E-state index contributed by atoms with van der Waals surface area (Å²) in [5.74, 6) is 0.861. The van der Waals surface area contributed by atoms with Gasteiger partial charge in [-0.25, -0.2) is 0 Å². The highest BCUT2D eigenvalue weighted by Crippen LogP contribution is 2.22. The number of hydrogen-bond donors (Lipinski definition) is 0. The van der Waals surface area contributed by atoms with Crippen LogP contribution >= 0.6 is 0 Å². The molecule has 0 aliphatic rings. The summed E-state index contributed by atoms with van der Waals surface area (Å²) in [6.07, 6.45) is 0.133. The van der Waals surface area contributed by atoms with Gasteiger partial charge in [0.15, 0.2) is 5.78 Å². The lowest BCUT2D eigenvalue weighted by molar-refractivity contribution is 0.103. The Bertz CT molecular complexity index is 629. The van der Waals surface area contributed by atoms with Gasteiger partial charge in [0.05, 0.1) is 6.10 Å². The van der Waals surface area contributed by atoms with Crippen molar-refractivity contribution in [2.75, 3.05) is 0 Å². The maximum absolute atomic E-state index is 12.7. The molecule has 0 saturated carbocycles. The van der Waals surface area contributed by atoms with E-state index in [-0.39, 0.29) is 11.9 Å². The lowest BCUT2D eigenvalue weighted by atomic mass is 9.93. The molecule has 0 spiro atoms. The van der Waals surface area contributed by atoms with Crippen molar-refractivity contribution in [1.29, 1.82) is 0 Å². The smallest absolute Gasteiger partial charge is 0.193 e. The van der Waals surface area contributed by atoms with Crippen LogP contribution in [0, 0.1) is 20.8 Å². The summed E-state index contributed by atoms with van der Waals surface area (Å²) in [4.78, 5) is 12.7. The molecular formula is C19H22O2. The predicted octanol–water partition coefficient (Wildman–Crippen LogP) is 4.63. The van der Waals surface area contributed by atoms with E-state index in [2.05, 4.69) is 12.1 Å². The van der Waals surface area contributed by atoms with E-state index in [4.69, 9.17) is 4.74 Å². The lowest BCUT2D eigenvalue weighted by Gasteiger charge is -2.12. The molecule has 2 nitrogen and oxygen atoms in total. The summed E-state index contributed by atoms with van der Waals surface area (Å²) in [5, 5.41) is 0. The molecule has 0 bridgehead atoms. The maximum atomic E-state index is 12.7. The van der Waals surface area contributed by atoms with Gasteiger partial charge in [0.1, 0.15) is 5.75 Å². The Hall–Kier alpha value is -2.09. The van der Waals surface area contributed by atoms with Crippen LogP contribution in [0.15, 0.2) is 36.4 Å². The van der Waals surface area contributed by atoms with Crippen LogP contribution < -0.4 is 4.74 Å². The third kappa shape index (κ3) is 3.52. The van der Waals surface area contributed by atoms with Gasteiger partial charge in [-0.05, 0) is 70.0 Å². The highest BCUT2D eigenvalue weighted by Gasteiger charge is 2.15. The normalized spacial score (nSPS) is 10.8. The van der Waals surface area contributed by atoms with Crippen molar-refractivity contribution in [3.8, 4) is 5.75 Å². The third-order valence-electron chi connectivity index (χ3n) is 3.39. The fourth-order valence-electron chi connectivity index (χ4n) is 2.64. The zero-order valence-electron chi connectivity index (χ0n) is 13.4. The average Bonchev–Trinajstić information content (AvgIpc) is 2.37. The standard InChI is InChI=1S/C19H22O2/c1-12(2)21-17-8-6-16(7-9-17)19(20)18-14(4)10-13(3)11-15(18)5/h6-12H,1-5H3. The molecule has 0 aromatic heterocycles. The molecular weight excluding hydrogens is 260 g/mol. The Kier molecular flexibility index (Phi) is 4.46. The molecule has 2 aromatic carbocycles. The van der Waals surface area contributed by atoms with E-state index in [0.29, 0.717) is 5.56 Å². The van der Waals surface area contributed by atoms with Gasteiger partial charge in [-0.3, -0.25) is 4.79 Å². The molecule has 0 aliphatic heterocycles. The fraction of sp³-hybridized carbons (Fsp3) is 0.316. The number of carbonyl (C=O) groups excluding carboxylic acids is 1. The molecule has 0 amide bonds. The first-order chi connectivity index (χ1) is 9.88. The van der Waals surface area contributed by atoms with E-state index in [1.165, 1.54) is 5.56 Å². The zero-order chi connectivity index (χ0) is 15.6. The second kappa shape index (κ2) is 6.13. The van der Waals surface area contributed by atoms with Crippen LogP contribution in [0.3, 0.4) is 0 Å². The van der Waals surface area contributed by atoms with Crippen LogP contribution in [0.5, 0.6) is 5.75 Å². The van der Waals surface area contributed by atoms with Gasteiger partial charge in [0.2, 0.25) is 0 Å². The van der Waals surface area contributed by atoms with Crippen LogP contribution in [-0.4, -0.2) is 11.9 Å². The van der Waals surface area contributed by atoms with Crippen molar-refractivity contribution in [3.63, 3.8) is 0 Å². The Labute approximate surface area is 126 Å². The number of rotatable bonds is 4. The second-order valence-corrected chi connectivity index (χ2v) is 5.79. The van der Waals surface area contributed by atoms with Crippen molar-refractivity contribution in [2.45, 2.75) is 40.7 Å². The number of aryl methyl sites for hydroxylation is 3. The van der Waals surface area contributed by atoms with Gasteiger partial charge in [-0.1, -0.05) is 17.7 Å². The molecule has 2 rings (SSSR count). The van der Waals surface area contributed by atoms with Gasteiger partial charge in [0, 0.05) is 11.1 Å². The molecule has 110 valence electrons. The summed E-state index contributed by atoms with van der Waals surface area (Å²) in [6.45, 7) is 10.00. The Balaban J connectivity index is 2.32. The number of carbonyl (C=O) groups is 1. The van der Waals surface area contributed by atoms with Crippen LogP contribution in [0.4, 0.5) is 0 Å². The van der Waals surface area contributed by atoms with Crippen molar-refractivity contribution in [2.24, 2.45) is 0 Å². The largest absolute Gasteiger partial charge is 0.491 e. The van der Waals surface area contributed by atoms with Gasteiger partial charge < -0.3 is 4.74 Å². The van der Waals surface area contributed by atoms with Crippen LogP contribution in [0.1, 0.15) is 46.5 Å². The molecule has 0 fully saturated rings. The van der Waals surface area contributed by atoms with Gasteiger partial charge >= 0.3 is 0 Å². The Morgan fingerprint density at radius 1 is 0.952 bits per heavy atom. The summed E-state index contributed by atoms with van der Waals surface area (Å²) < 4.78 is 5.61. The summed E-state index contributed by atoms with van der Waals surface area (Å²) >= 11 is 0. The number of ketones is 1. The van der Waals surface area contributed by atoms with Crippen molar-refractivity contribution < 1.29 is 9.53 Å². The quantitative estimate of drug-likeness (QED) is 0.764. The molecule has 2 aromatic rings. The Morgan fingerprint density at radius 2 is 1.48 bits per heavy atom. The monoisotopic (exact) mass is 282 g/mol. The van der Waals surface area contributed by atoms with Gasteiger partial charge in [-0.15, -0.1) is 0 Å². The predicted molar refractivity (Wildman–Crippen MR) is 86.3 cm³/mol. The van der Waals surface area contributed by atoms with Crippen LogP contribution in [-0.2, 0) is 0 Å². The first-order valence-electron chi connectivity index (χ1n) is 7.27. The summed E-state index contributed by atoms with van der Waals surface area (Å²) in [7, 11) is 0. The minimum atomic E-state index is 0.0705. The van der Waals surface area contributed by atoms with E-state index in [1.807, 2.05) is 58.9 Å². The molecule has 21 heavy (non-hydrogen) atoms. The molecule has 0 atom stereocenters. The first kappa shape index (κ1) is 15.3. The van der Waals surface area contributed by atoms with E-state index in [9.17, 15) is 4.79 Å². The molecule has 0 aliphatic carbocycles. The first-order valence-corrected chi connectivity index (χ1v) is 7.27. The second-order valence-electron chi connectivity index (χ2n) is 5.79. The van der Waals surface area contributed by atoms with Crippen LogP contribution in [0.25, 0.3) is 0 Å². The van der Waals surface area contributed by atoms with E-state index in [0.717, 1.165) is 22.4 Å². The van der Waals surface area contributed by atoms with Gasteiger partial charge in [0.25, 0.3) is 0 Å². The summed E-state index contributed by atoms with van der Waals surface area (Å²) in [6, 6.07) is 11.5. The lowest BCUT2D eigenvalue weighted by Crippen LogP contribution is -2.08. The summed E-state index contributed by atoms with van der Waals surface area (Å²) in [5.41, 5.74) is 4.74. The highest BCUT2D eigenvalue weighted by atomic mass is 16.5. The number of ether oxygens (including phenoxy) is 1. The number of benzene rings is 2. The molecule has 0 unspecified atom stereocenters. The van der Waals surface area contributed by atoms with Crippen LogP contribution in [0.2, 0.25) is 0 Å². The molecule has 0 radical (unpaired) electrons. The molecule has 0 saturated heterocycles. The Morgan fingerprint density at radius 3 is 1.95 bits per heavy atom.